The highest BCUT2D eigenvalue weighted by Gasteiger charge is 2.40. The molecule has 1 atom stereocenters. The van der Waals surface area contributed by atoms with Gasteiger partial charge in [0, 0.05) is 36.1 Å². The molecule has 0 saturated carbocycles. The standard InChI is InChI=1S/C16H21BrN2O.ClH/c17-14-7-12-1-6-20-15(12)13(8-14)9-19-5-3-16(11-19)2-4-18-10-16;/h7-8,18H,1-6,9-11H2;1H. The monoisotopic (exact) mass is 372 g/mol. The molecule has 0 radical (unpaired) electrons. The molecular weight excluding hydrogens is 352 g/mol. The van der Waals surface area contributed by atoms with Crippen molar-refractivity contribution in [3.05, 3.63) is 27.7 Å². The SMILES string of the molecule is Brc1cc2c(c(CN3CCC4(CCNC4)C3)c1)OCC2.Cl. The van der Waals surface area contributed by atoms with E-state index in [1.165, 1.54) is 54.6 Å². The van der Waals surface area contributed by atoms with Gasteiger partial charge in [-0.2, -0.15) is 0 Å². The molecule has 1 spiro atoms. The van der Waals surface area contributed by atoms with Crippen molar-refractivity contribution in [1.29, 1.82) is 0 Å². The summed E-state index contributed by atoms with van der Waals surface area (Å²) in [6.45, 7) is 6.74. The number of benzene rings is 1. The minimum Gasteiger partial charge on any atom is -0.493 e. The van der Waals surface area contributed by atoms with E-state index in [0.29, 0.717) is 5.41 Å². The number of fused-ring (bicyclic) bond motifs is 1. The van der Waals surface area contributed by atoms with Crippen molar-refractivity contribution in [1.82, 2.24) is 10.2 Å². The lowest BCUT2D eigenvalue weighted by Crippen LogP contribution is -2.29. The summed E-state index contributed by atoms with van der Waals surface area (Å²) in [4.78, 5) is 2.61. The van der Waals surface area contributed by atoms with Crippen molar-refractivity contribution < 1.29 is 4.74 Å². The van der Waals surface area contributed by atoms with Gasteiger partial charge in [-0.25, -0.2) is 0 Å². The molecule has 1 aromatic carbocycles. The molecule has 0 aliphatic carbocycles. The van der Waals surface area contributed by atoms with Crippen LogP contribution >= 0.6 is 28.3 Å². The quantitative estimate of drug-likeness (QED) is 0.862. The van der Waals surface area contributed by atoms with E-state index < -0.39 is 0 Å². The molecule has 1 unspecified atom stereocenters. The van der Waals surface area contributed by atoms with Gasteiger partial charge in [0.15, 0.2) is 0 Å². The Kier molecular flexibility index (Phi) is 4.51. The van der Waals surface area contributed by atoms with Crippen molar-refractivity contribution in [2.75, 3.05) is 32.8 Å². The number of nitrogens with zero attached hydrogens (tertiary/aromatic N) is 1. The lowest BCUT2D eigenvalue weighted by atomic mass is 9.86. The minimum atomic E-state index is 0. The zero-order valence-electron chi connectivity index (χ0n) is 12.2. The van der Waals surface area contributed by atoms with Crippen molar-refractivity contribution in [2.45, 2.75) is 25.8 Å². The third-order valence-corrected chi connectivity index (χ3v) is 5.53. The van der Waals surface area contributed by atoms with Gasteiger partial charge < -0.3 is 10.1 Å². The Hall–Kier alpha value is -0.290. The van der Waals surface area contributed by atoms with Gasteiger partial charge in [-0.15, -0.1) is 12.4 Å². The summed E-state index contributed by atoms with van der Waals surface area (Å²) in [5.41, 5.74) is 3.27. The smallest absolute Gasteiger partial charge is 0.127 e. The van der Waals surface area contributed by atoms with E-state index in [9.17, 15) is 0 Å². The van der Waals surface area contributed by atoms with Gasteiger partial charge in [-0.3, -0.25) is 4.90 Å². The summed E-state index contributed by atoms with van der Waals surface area (Å²) >= 11 is 3.64. The molecular formula is C16H22BrClN2O. The Balaban J connectivity index is 0.00000132. The first-order valence-corrected chi connectivity index (χ1v) is 8.41. The van der Waals surface area contributed by atoms with Gasteiger partial charge in [-0.1, -0.05) is 15.9 Å². The van der Waals surface area contributed by atoms with Crippen LogP contribution < -0.4 is 10.1 Å². The number of likely N-dealkylation sites (tertiary alicyclic amines) is 1. The Morgan fingerprint density at radius 2 is 2.24 bits per heavy atom. The van der Waals surface area contributed by atoms with Crippen LogP contribution in [-0.2, 0) is 13.0 Å². The molecule has 2 saturated heterocycles. The molecule has 5 heteroatoms. The van der Waals surface area contributed by atoms with Crippen molar-refractivity contribution in [3.63, 3.8) is 0 Å². The van der Waals surface area contributed by atoms with E-state index >= 15 is 0 Å². The molecule has 3 aliphatic rings. The fraction of sp³-hybridized carbons (Fsp3) is 0.625. The van der Waals surface area contributed by atoms with Gasteiger partial charge in [0.2, 0.25) is 0 Å². The van der Waals surface area contributed by atoms with Crippen LogP contribution in [0.3, 0.4) is 0 Å². The zero-order valence-corrected chi connectivity index (χ0v) is 14.6. The molecule has 3 aliphatic heterocycles. The second-order valence-electron chi connectivity index (χ2n) is 6.54. The molecule has 0 aromatic heterocycles. The molecule has 0 amide bonds. The van der Waals surface area contributed by atoms with E-state index in [0.717, 1.165) is 25.3 Å². The van der Waals surface area contributed by atoms with Crippen LogP contribution in [0.25, 0.3) is 0 Å². The van der Waals surface area contributed by atoms with Gasteiger partial charge in [0.25, 0.3) is 0 Å². The molecule has 0 bridgehead atoms. The first-order chi connectivity index (χ1) is 9.74. The normalized spacial score (nSPS) is 27.7. The number of rotatable bonds is 2. The van der Waals surface area contributed by atoms with Crippen LogP contribution in [0.2, 0.25) is 0 Å². The summed E-state index contributed by atoms with van der Waals surface area (Å²) in [6.07, 6.45) is 3.74. The largest absolute Gasteiger partial charge is 0.493 e. The Morgan fingerprint density at radius 1 is 1.33 bits per heavy atom. The zero-order chi connectivity index (χ0) is 13.6. The van der Waals surface area contributed by atoms with E-state index in [4.69, 9.17) is 4.74 Å². The molecule has 1 N–H and O–H groups in total. The van der Waals surface area contributed by atoms with E-state index in [1.807, 2.05) is 0 Å². The second kappa shape index (κ2) is 6.07. The summed E-state index contributed by atoms with van der Waals surface area (Å²) in [6, 6.07) is 4.44. The first kappa shape index (κ1) is 15.6. The van der Waals surface area contributed by atoms with Gasteiger partial charge in [0.05, 0.1) is 6.61 Å². The average Bonchev–Trinajstić information content (AvgIpc) is 3.12. The third kappa shape index (κ3) is 2.96. The second-order valence-corrected chi connectivity index (χ2v) is 7.45. The fourth-order valence-electron chi connectivity index (χ4n) is 4.01. The average molecular weight is 374 g/mol. The molecule has 21 heavy (non-hydrogen) atoms. The maximum Gasteiger partial charge on any atom is 0.127 e. The summed E-state index contributed by atoms with van der Waals surface area (Å²) in [7, 11) is 0. The minimum absolute atomic E-state index is 0. The van der Waals surface area contributed by atoms with Crippen molar-refractivity contribution in [3.8, 4) is 5.75 Å². The van der Waals surface area contributed by atoms with Crippen LogP contribution in [-0.4, -0.2) is 37.7 Å². The number of halogens is 2. The molecule has 3 heterocycles. The summed E-state index contributed by atoms with van der Waals surface area (Å²) in [5.74, 6) is 1.15. The Bertz CT molecular complexity index is 531. The number of hydrogen-bond acceptors (Lipinski definition) is 3. The van der Waals surface area contributed by atoms with E-state index in [2.05, 4.69) is 38.3 Å². The Labute approximate surface area is 141 Å². The highest BCUT2D eigenvalue weighted by Crippen LogP contribution is 2.39. The molecule has 1 aromatic rings. The highest BCUT2D eigenvalue weighted by molar-refractivity contribution is 9.10. The summed E-state index contributed by atoms with van der Waals surface area (Å²) < 4.78 is 7.04. The lowest BCUT2D eigenvalue weighted by molar-refractivity contribution is 0.264. The first-order valence-electron chi connectivity index (χ1n) is 7.61. The highest BCUT2D eigenvalue weighted by atomic mass is 79.9. The maximum absolute atomic E-state index is 5.85. The fourth-order valence-corrected chi connectivity index (χ4v) is 4.56. The van der Waals surface area contributed by atoms with Crippen LogP contribution in [0.15, 0.2) is 16.6 Å². The molecule has 2 fully saturated rings. The van der Waals surface area contributed by atoms with Crippen LogP contribution in [0.5, 0.6) is 5.75 Å². The van der Waals surface area contributed by atoms with Crippen LogP contribution in [0.4, 0.5) is 0 Å². The number of ether oxygens (including phenoxy) is 1. The topological polar surface area (TPSA) is 24.5 Å². The number of hydrogen-bond donors (Lipinski definition) is 1. The van der Waals surface area contributed by atoms with Gasteiger partial charge in [0.1, 0.15) is 5.75 Å². The predicted molar refractivity (Wildman–Crippen MR) is 90.4 cm³/mol. The predicted octanol–water partition coefficient (Wildman–Crippen LogP) is 2.99. The maximum atomic E-state index is 5.85. The lowest BCUT2D eigenvalue weighted by Gasteiger charge is -2.23. The molecule has 4 rings (SSSR count). The number of nitrogens with one attached hydrogen (secondary N) is 1. The third-order valence-electron chi connectivity index (χ3n) is 5.07. The Morgan fingerprint density at radius 3 is 3.05 bits per heavy atom. The van der Waals surface area contributed by atoms with Gasteiger partial charge in [-0.05, 0) is 49.0 Å². The van der Waals surface area contributed by atoms with Gasteiger partial charge >= 0.3 is 0 Å². The molecule has 116 valence electrons. The molecule has 3 nitrogen and oxygen atoms in total. The van der Waals surface area contributed by atoms with Crippen LogP contribution in [0, 0.1) is 5.41 Å². The van der Waals surface area contributed by atoms with E-state index in [-0.39, 0.29) is 12.4 Å². The van der Waals surface area contributed by atoms with Crippen molar-refractivity contribution in [2.24, 2.45) is 5.41 Å². The summed E-state index contributed by atoms with van der Waals surface area (Å²) in [5, 5.41) is 3.53. The van der Waals surface area contributed by atoms with Crippen molar-refractivity contribution >= 4 is 28.3 Å². The van der Waals surface area contributed by atoms with E-state index in [1.54, 1.807) is 0 Å². The van der Waals surface area contributed by atoms with Crippen LogP contribution in [0.1, 0.15) is 24.0 Å².